The number of hydrogen-bond donors (Lipinski definition) is 4. The summed E-state index contributed by atoms with van der Waals surface area (Å²) in [5.74, 6) is -1.24. The van der Waals surface area contributed by atoms with Gasteiger partial charge in [-0.05, 0) is 93.6 Å². The van der Waals surface area contributed by atoms with E-state index in [1.54, 1.807) is 16.9 Å². The first-order valence-corrected chi connectivity index (χ1v) is 23.5. The summed E-state index contributed by atoms with van der Waals surface area (Å²) < 4.78 is 36.5. The average Bonchev–Trinajstić information content (AvgIpc) is 3.76. The molecule has 8 rings (SSSR count). The Bertz CT molecular complexity index is 2650. The zero-order chi connectivity index (χ0) is 47.6. The number of carbonyl (C=O) groups is 4. The highest BCUT2D eigenvalue weighted by atomic mass is 19.1. The summed E-state index contributed by atoms with van der Waals surface area (Å²) >= 11 is 0. The van der Waals surface area contributed by atoms with E-state index in [9.17, 15) is 33.2 Å². The fourth-order valence-corrected chi connectivity index (χ4v) is 9.32. The third kappa shape index (κ3) is 11.5. The number of hydrogen-bond acceptors (Lipinski definition) is 12. The normalized spacial score (nSPS) is 17.4. The summed E-state index contributed by atoms with van der Waals surface area (Å²) in [6.45, 7) is 7.03. The van der Waals surface area contributed by atoms with Crippen molar-refractivity contribution in [2.24, 2.45) is 0 Å². The monoisotopic (exact) mass is 929 g/mol. The van der Waals surface area contributed by atoms with Crippen molar-refractivity contribution in [1.82, 2.24) is 35.0 Å². The van der Waals surface area contributed by atoms with Crippen molar-refractivity contribution in [1.29, 1.82) is 5.26 Å². The Labute approximate surface area is 394 Å². The SMILES string of the molecule is CCOc1cc(-c2ccc(N3CCC(CN4CCN(C(=O)CCCCCCNc5cccc(NC6CCC(=O)NC6=O)c5)CC4)(NC(=O)c4cc(F)ccc4F)CC3)nc2)c2c(C#N)cnn2c1. The molecular formula is C50H57F2N11O5. The molecule has 2 aromatic carbocycles. The Kier molecular flexibility index (Phi) is 15.1. The maximum atomic E-state index is 14.9. The first kappa shape index (κ1) is 47.4. The Morgan fingerprint density at radius 1 is 0.941 bits per heavy atom. The topological polar surface area (TPSA) is 189 Å². The predicted octanol–water partition coefficient (Wildman–Crippen LogP) is 6.14. The second-order valence-electron chi connectivity index (χ2n) is 17.7. The minimum Gasteiger partial charge on any atom is -0.492 e. The van der Waals surface area contributed by atoms with Crippen LogP contribution in [-0.4, -0.2) is 119 Å². The number of anilines is 3. The number of nitrogens with one attached hydrogen (secondary N) is 4. The van der Waals surface area contributed by atoms with Crippen LogP contribution in [0.2, 0.25) is 0 Å². The molecule has 3 aliphatic rings. The number of carbonyl (C=O) groups excluding carboxylic acids is 4. The van der Waals surface area contributed by atoms with Crippen LogP contribution in [0.4, 0.5) is 26.0 Å². The van der Waals surface area contributed by atoms with Crippen molar-refractivity contribution in [3.05, 3.63) is 102 Å². The number of nitrogens with zero attached hydrogens (tertiary/aromatic N) is 7. The largest absolute Gasteiger partial charge is 0.492 e. The van der Waals surface area contributed by atoms with Gasteiger partial charge in [0.2, 0.25) is 17.7 Å². The van der Waals surface area contributed by atoms with Gasteiger partial charge in [-0.3, -0.25) is 29.4 Å². The van der Waals surface area contributed by atoms with Crippen LogP contribution in [-0.2, 0) is 14.4 Å². The lowest BCUT2D eigenvalue weighted by atomic mass is 9.86. The van der Waals surface area contributed by atoms with Crippen LogP contribution in [0.15, 0.2) is 79.3 Å². The Hall–Kier alpha value is -7.13. The maximum absolute atomic E-state index is 14.9. The van der Waals surface area contributed by atoms with Crippen LogP contribution in [0.3, 0.4) is 0 Å². The number of nitriles is 1. The van der Waals surface area contributed by atoms with Gasteiger partial charge in [-0.25, -0.2) is 18.3 Å². The van der Waals surface area contributed by atoms with E-state index < -0.39 is 29.1 Å². The van der Waals surface area contributed by atoms with E-state index in [-0.39, 0.29) is 23.3 Å². The van der Waals surface area contributed by atoms with Gasteiger partial charge in [0, 0.05) is 93.9 Å². The number of fused-ring (bicyclic) bond motifs is 1. The molecule has 4 amide bonds. The van der Waals surface area contributed by atoms with E-state index >= 15 is 0 Å². The van der Waals surface area contributed by atoms with Gasteiger partial charge in [-0.2, -0.15) is 10.4 Å². The highest BCUT2D eigenvalue weighted by molar-refractivity contribution is 6.01. The molecule has 16 nitrogen and oxygen atoms in total. The quantitative estimate of drug-likeness (QED) is 0.0582. The molecule has 0 bridgehead atoms. The summed E-state index contributed by atoms with van der Waals surface area (Å²) in [7, 11) is 0. The highest BCUT2D eigenvalue weighted by Gasteiger charge is 2.39. The number of piperazine rings is 1. The second-order valence-corrected chi connectivity index (χ2v) is 17.7. The molecule has 3 aromatic heterocycles. The molecule has 18 heteroatoms. The number of unbranched alkanes of at least 4 members (excludes halogenated alkanes) is 3. The average molecular weight is 930 g/mol. The summed E-state index contributed by atoms with van der Waals surface area (Å²) in [6, 6.07) is 18.1. The van der Waals surface area contributed by atoms with E-state index in [1.165, 1.54) is 6.20 Å². The predicted molar refractivity (Wildman–Crippen MR) is 253 cm³/mol. The fraction of sp³-hybridized carbons (Fsp3) is 0.420. The van der Waals surface area contributed by atoms with E-state index in [1.807, 2.05) is 54.3 Å². The van der Waals surface area contributed by atoms with Gasteiger partial charge in [0.05, 0.1) is 41.2 Å². The number of piperidine rings is 2. The van der Waals surface area contributed by atoms with Crippen LogP contribution in [0.25, 0.3) is 16.6 Å². The van der Waals surface area contributed by atoms with Gasteiger partial charge in [0.25, 0.3) is 5.91 Å². The van der Waals surface area contributed by atoms with E-state index in [0.29, 0.717) is 101 Å². The Morgan fingerprint density at radius 3 is 2.49 bits per heavy atom. The van der Waals surface area contributed by atoms with Gasteiger partial charge >= 0.3 is 0 Å². The smallest absolute Gasteiger partial charge is 0.254 e. The fourth-order valence-electron chi connectivity index (χ4n) is 9.32. The van der Waals surface area contributed by atoms with Crippen molar-refractivity contribution < 1.29 is 32.7 Å². The molecule has 0 spiro atoms. The van der Waals surface area contributed by atoms with E-state index in [0.717, 1.165) is 78.7 Å². The number of amides is 4. The summed E-state index contributed by atoms with van der Waals surface area (Å²) in [5, 5.41) is 26.3. The van der Waals surface area contributed by atoms with Gasteiger partial charge in [-0.1, -0.05) is 18.9 Å². The van der Waals surface area contributed by atoms with E-state index in [4.69, 9.17) is 9.72 Å². The van der Waals surface area contributed by atoms with Crippen LogP contribution < -0.4 is 30.9 Å². The molecule has 3 saturated heterocycles. The zero-order valence-corrected chi connectivity index (χ0v) is 38.2. The Morgan fingerprint density at radius 2 is 1.74 bits per heavy atom. The second kappa shape index (κ2) is 21.7. The van der Waals surface area contributed by atoms with Crippen LogP contribution >= 0.6 is 0 Å². The minimum atomic E-state index is -0.796. The minimum absolute atomic E-state index is 0.127. The third-order valence-corrected chi connectivity index (χ3v) is 13.0. The molecule has 0 saturated carbocycles. The van der Waals surface area contributed by atoms with Crippen LogP contribution in [0.1, 0.15) is 80.6 Å². The number of pyridine rings is 2. The van der Waals surface area contributed by atoms with Crippen LogP contribution in [0.5, 0.6) is 5.75 Å². The first-order valence-electron chi connectivity index (χ1n) is 23.5. The van der Waals surface area contributed by atoms with Crippen molar-refractivity contribution in [2.75, 3.05) is 74.5 Å². The number of aromatic nitrogens is 3. The van der Waals surface area contributed by atoms with Gasteiger partial charge < -0.3 is 30.5 Å². The number of benzene rings is 2. The van der Waals surface area contributed by atoms with Gasteiger partial charge in [0.15, 0.2) is 0 Å². The first-order chi connectivity index (χ1) is 33.0. The van der Waals surface area contributed by atoms with Crippen molar-refractivity contribution in [3.8, 4) is 22.9 Å². The molecule has 4 N–H and O–H groups in total. The summed E-state index contributed by atoms with van der Waals surface area (Å²) in [4.78, 5) is 61.6. The lowest BCUT2D eigenvalue weighted by Crippen LogP contribution is -2.62. The van der Waals surface area contributed by atoms with Gasteiger partial charge in [-0.15, -0.1) is 0 Å². The van der Waals surface area contributed by atoms with Crippen molar-refractivity contribution >= 4 is 46.3 Å². The molecular weight excluding hydrogens is 873 g/mol. The standard InChI is InChI=1S/C50H57F2N11O5/c1-2-68-39-28-40(47-35(29-53)31-56-63(47)32-39)34-11-15-44(55-30-34)61-20-17-50(18-21-61,59-48(66)41-26-36(51)12-13-42(41)52)33-60-22-24-62(25-23-60)46(65)10-5-3-4-6-19-54-37-8-7-9-38(27-37)57-43-14-16-45(64)58-49(43)67/h7-9,11-13,15,26-28,30-32,43,54,57H,2-6,10,14,16-25,33H2,1H3,(H,59,66)(H,58,64,67). The lowest BCUT2D eigenvalue weighted by Gasteiger charge is -2.46. The molecule has 0 aliphatic carbocycles. The number of imide groups is 1. The molecule has 1 unspecified atom stereocenters. The number of ether oxygens (including phenoxy) is 1. The molecule has 68 heavy (non-hydrogen) atoms. The maximum Gasteiger partial charge on any atom is 0.254 e. The van der Waals surface area contributed by atoms with Crippen LogP contribution in [0, 0.1) is 23.0 Å². The number of halogens is 2. The molecule has 3 fully saturated rings. The molecule has 0 radical (unpaired) electrons. The number of rotatable bonds is 18. The Balaban J connectivity index is 0.817. The molecule has 6 heterocycles. The third-order valence-electron chi connectivity index (χ3n) is 13.0. The van der Waals surface area contributed by atoms with Crippen molar-refractivity contribution in [3.63, 3.8) is 0 Å². The summed E-state index contributed by atoms with van der Waals surface area (Å²) in [5.41, 5.74) is 3.28. The highest BCUT2D eigenvalue weighted by Crippen LogP contribution is 2.33. The molecule has 3 aliphatic heterocycles. The molecule has 5 aromatic rings. The zero-order valence-electron chi connectivity index (χ0n) is 38.2. The molecule has 356 valence electrons. The molecule has 1 atom stereocenters. The van der Waals surface area contributed by atoms with E-state index in [2.05, 4.69) is 42.2 Å². The summed E-state index contributed by atoms with van der Waals surface area (Å²) in [6.07, 6.45) is 10.9. The lowest BCUT2D eigenvalue weighted by molar-refractivity contribution is -0.134. The van der Waals surface area contributed by atoms with Crippen molar-refractivity contribution in [2.45, 2.75) is 76.3 Å². The van der Waals surface area contributed by atoms with Gasteiger partial charge in [0.1, 0.15) is 35.3 Å².